The van der Waals surface area contributed by atoms with Gasteiger partial charge in [-0.1, -0.05) is 0 Å². The molecule has 1 aromatic heterocycles. The molecule has 0 fully saturated rings. The fraction of sp³-hybridized carbons (Fsp3) is 0.273. The molecule has 0 aliphatic carbocycles. The number of aromatic amines is 1. The summed E-state index contributed by atoms with van der Waals surface area (Å²) in [5.41, 5.74) is -0.328. The molecule has 0 atom stereocenters. The van der Waals surface area contributed by atoms with Crippen molar-refractivity contribution in [3.63, 3.8) is 0 Å². The standard InChI is InChI=1S/C11H10F3NO3/c1-5-3-6(2)15-10(18)9(5)7(16)4-8(17)11(12,13)14/h3-4,16H,1-2H3,(H,15,18)/b7-4-. The number of halogens is 3. The van der Waals surface area contributed by atoms with Gasteiger partial charge in [-0.15, -0.1) is 0 Å². The molecule has 0 radical (unpaired) electrons. The highest BCUT2D eigenvalue weighted by Crippen LogP contribution is 2.19. The zero-order valence-corrected chi connectivity index (χ0v) is 9.55. The molecule has 0 aromatic carbocycles. The third-order valence-electron chi connectivity index (χ3n) is 2.17. The fourth-order valence-corrected chi connectivity index (χ4v) is 1.45. The third kappa shape index (κ3) is 2.99. The smallest absolute Gasteiger partial charge is 0.454 e. The van der Waals surface area contributed by atoms with Crippen LogP contribution in [0.4, 0.5) is 13.2 Å². The molecule has 0 unspecified atom stereocenters. The van der Waals surface area contributed by atoms with Crippen LogP contribution in [0.2, 0.25) is 0 Å². The van der Waals surface area contributed by atoms with Gasteiger partial charge in [-0.3, -0.25) is 9.59 Å². The number of allylic oxidation sites excluding steroid dienone is 1. The number of aryl methyl sites for hydroxylation is 2. The zero-order chi connectivity index (χ0) is 14.1. The van der Waals surface area contributed by atoms with Gasteiger partial charge in [0.2, 0.25) is 0 Å². The molecule has 2 N–H and O–H groups in total. The van der Waals surface area contributed by atoms with Crippen LogP contribution >= 0.6 is 0 Å². The first-order chi connectivity index (χ1) is 8.12. The van der Waals surface area contributed by atoms with E-state index in [9.17, 15) is 27.9 Å². The summed E-state index contributed by atoms with van der Waals surface area (Å²) in [6.45, 7) is 3.03. The molecule has 18 heavy (non-hydrogen) atoms. The number of H-pyrrole nitrogens is 1. The van der Waals surface area contributed by atoms with Crippen molar-refractivity contribution in [3.8, 4) is 0 Å². The lowest BCUT2D eigenvalue weighted by molar-refractivity contribution is -0.165. The van der Waals surface area contributed by atoms with E-state index in [1.807, 2.05) is 0 Å². The first kappa shape index (κ1) is 14.0. The maximum Gasteiger partial charge on any atom is 0.454 e. The number of aliphatic hydroxyl groups excluding tert-OH is 1. The van der Waals surface area contributed by atoms with E-state index in [2.05, 4.69) is 4.98 Å². The monoisotopic (exact) mass is 261 g/mol. The number of carbonyl (C=O) groups excluding carboxylic acids is 1. The number of ketones is 1. The zero-order valence-electron chi connectivity index (χ0n) is 9.55. The molecule has 1 heterocycles. The summed E-state index contributed by atoms with van der Waals surface area (Å²) in [5, 5.41) is 9.43. The summed E-state index contributed by atoms with van der Waals surface area (Å²) >= 11 is 0. The predicted octanol–water partition coefficient (Wildman–Crippen LogP) is 2.02. The predicted molar refractivity (Wildman–Crippen MR) is 58.2 cm³/mol. The van der Waals surface area contributed by atoms with Crippen molar-refractivity contribution in [1.82, 2.24) is 4.98 Å². The van der Waals surface area contributed by atoms with Gasteiger partial charge in [-0.05, 0) is 25.5 Å². The van der Waals surface area contributed by atoms with Gasteiger partial charge >= 0.3 is 6.18 Å². The second kappa shape index (κ2) is 4.67. The van der Waals surface area contributed by atoms with Gasteiger partial charge in [-0.25, -0.2) is 0 Å². The van der Waals surface area contributed by atoms with E-state index in [1.54, 1.807) is 6.92 Å². The van der Waals surface area contributed by atoms with E-state index in [1.165, 1.54) is 13.0 Å². The van der Waals surface area contributed by atoms with Crippen molar-refractivity contribution in [1.29, 1.82) is 0 Å². The first-order valence-corrected chi connectivity index (χ1v) is 4.85. The maximum atomic E-state index is 12.0. The van der Waals surface area contributed by atoms with Crippen LogP contribution < -0.4 is 5.56 Å². The van der Waals surface area contributed by atoms with Crippen molar-refractivity contribution >= 4 is 11.5 Å². The average molecular weight is 261 g/mol. The van der Waals surface area contributed by atoms with Gasteiger partial charge in [0.05, 0.1) is 5.56 Å². The van der Waals surface area contributed by atoms with Crippen LogP contribution in [0.1, 0.15) is 16.8 Å². The Bertz CT molecular complexity index is 570. The van der Waals surface area contributed by atoms with E-state index in [0.29, 0.717) is 5.69 Å². The molecule has 0 saturated heterocycles. The Kier molecular flexibility index (Phi) is 3.64. The lowest BCUT2D eigenvalue weighted by atomic mass is 10.1. The minimum atomic E-state index is -5.08. The topological polar surface area (TPSA) is 70.2 Å². The van der Waals surface area contributed by atoms with Crippen molar-refractivity contribution in [2.75, 3.05) is 0 Å². The Labute approximate surface area is 99.8 Å². The Morgan fingerprint density at radius 1 is 1.39 bits per heavy atom. The summed E-state index contributed by atoms with van der Waals surface area (Å²) in [7, 11) is 0. The molecule has 1 rings (SSSR count). The highest BCUT2D eigenvalue weighted by molar-refractivity contribution is 5.99. The molecule has 98 valence electrons. The lowest BCUT2D eigenvalue weighted by Gasteiger charge is -2.06. The minimum Gasteiger partial charge on any atom is -0.507 e. The largest absolute Gasteiger partial charge is 0.507 e. The fourth-order valence-electron chi connectivity index (χ4n) is 1.45. The number of hydrogen-bond acceptors (Lipinski definition) is 3. The number of aromatic nitrogens is 1. The molecule has 0 spiro atoms. The summed E-state index contributed by atoms with van der Waals surface area (Å²) in [6, 6.07) is 1.47. The first-order valence-electron chi connectivity index (χ1n) is 4.85. The van der Waals surface area contributed by atoms with Crippen LogP contribution in [0.5, 0.6) is 0 Å². The highest BCUT2D eigenvalue weighted by atomic mass is 19.4. The number of aliphatic hydroxyl groups is 1. The van der Waals surface area contributed by atoms with Crippen molar-refractivity contribution in [2.24, 2.45) is 0 Å². The van der Waals surface area contributed by atoms with Crippen molar-refractivity contribution < 1.29 is 23.1 Å². The number of nitrogens with one attached hydrogen (secondary N) is 1. The molecular formula is C11H10F3NO3. The normalized spacial score (nSPS) is 12.6. The van der Waals surface area contributed by atoms with E-state index in [-0.39, 0.29) is 17.2 Å². The molecule has 0 bridgehead atoms. The summed E-state index contributed by atoms with van der Waals surface area (Å²) in [6.07, 6.45) is -5.09. The van der Waals surface area contributed by atoms with E-state index >= 15 is 0 Å². The Morgan fingerprint density at radius 2 is 1.94 bits per heavy atom. The number of pyridine rings is 1. The van der Waals surface area contributed by atoms with Crippen LogP contribution in [0, 0.1) is 13.8 Å². The van der Waals surface area contributed by atoms with Gasteiger partial charge in [0, 0.05) is 11.8 Å². The van der Waals surface area contributed by atoms with Crippen molar-refractivity contribution in [2.45, 2.75) is 20.0 Å². The minimum absolute atomic E-state index is 0.00704. The van der Waals surface area contributed by atoms with E-state index in [4.69, 9.17) is 0 Å². The van der Waals surface area contributed by atoms with Gasteiger partial charge < -0.3 is 10.1 Å². The van der Waals surface area contributed by atoms with Crippen LogP contribution in [-0.4, -0.2) is 22.1 Å². The molecule has 4 nitrogen and oxygen atoms in total. The van der Waals surface area contributed by atoms with Gasteiger partial charge in [-0.2, -0.15) is 13.2 Å². The molecular weight excluding hydrogens is 251 g/mol. The van der Waals surface area contributed by atoms with Crippen LogP contribution in [0.3, 0.4) is 0 Å². The molecule has 0 aliphatic heterocycles. The van der Waals surface area contributed by atoms with Crippen LogP contribution in [0.25, 0.3) is 5.76 Å². The second-order valence-electron chi connectivity index (χ2n) is 3.73. The molecule has 1 aromatic rings. The number of rotatable bonds is 2. The molecule has 0 saturated carbocycles. The van der Waals surface area contributed by atoms with Crippen LogP contribution in [-0.2, 0) is 4.79 Å². The lowest BCUT2D eigenvalue weighted by Crippen LogP contribution is -2.22. The Hall–Kier alpha value is -2.05. The Balaban J connectivity index is 3.29. The van der Waals surface area contributed by atoms with Crippen molar-refractivity contribution in [3.05, 3.63) is 39.3 Å². The maximum absolute atomic E-state index is 12.0. The summed E-state index contributed by atoms with van der Waals surface area (Å²) in [4.78, 5) is 24.5. The highest BCUT2D eigenvalue weighted by Gasteiger charge is 2.37. The second-order valence-corrected chi connectivity index (χ2v) is 3.73. The average Bonchev–Trinajstić information content (AvgIpc) is 2.13. The van der Waals surface area contributed by atoms with E-state index < -0.39 is 23.3 Å². The van der Waals surface area contributed by atoms with Crippen LogP contribution in [0.15, 0.2) is 16.9 Å². The number of carbonyl (C=O) groups is 1. The third-order valence-corrected chi connectivity index (χ3v) is 2.17. The summed E-state index contributed by atoms with van der Waals surface area (Å²) < 4.78 is 36.0. The SMILES string of the molecule is Cc1cc(C)c(/C(O)=C/C(=O)C(F)(F)F)c(=O)[nH]1. The number of hydrogen-bond donors (Lipinski definition) is 2. The molecule has 7 heteroatoms. The summed E-state index contributed by atoms with van der Waals surface area (Å²) in [5.74, 6) is -3.23. The van der Waals surface area contributed by atoms with E-state index in [0.717, 1.165) is 0 Å². The molecule has 0 amide bonds. The Morgan fingerprint density at radius 3 is 2.39 bits per heavy atom. The van der Waals surface area contributed by atoms with Gasteiger partial charge in [0.1, 0.15) is 5.76 Å². The van der Waals surface area contributed by atoms with Gasteiger partial charge in [0.15, 0.2) is 0 Å². The van der Waals surface area contributed by atoms with Gasteiger partial charge in [0.25, 0.3) is 11.3 Å². The molecule has 0 aliphatic rings. The quantitative estimate of drug-likeness (QED) is 0.632. The number of alkyl halides is 3.